The van der Waals surface area contributed by atoms with Crippen molar-refractivity contribution in [1.82, 2.24) is 0 Å². The molecule has 1 aromatic carbocycles. The lowest BCUT2D eigenvalue weighted by Crippen LogP contribution is -2.20. The number of rotatable bonds is 3. The fourth-order valence-corrected chi connectivity index (χ4v) is 3.32. The Morgan fingerprint density at radius 3 is 2.65 bits per heavy atom. The molecule has 1 atom stereocenters. The summed E-state index contributed by atoms with van der Waals surface area (Å²) >= 11 is 3.36. The Bertz CT molecular complexity index is 609. The topological polar surface area (TPSA) is 64.6 Å². The Balaban J connectivity index is 2.17. The van der Waals surface area contributed by atoms with Gasteiger partial charge in [-0.1, -0.05) is 15.9 Å². The van der Waals surface area contributed by atoms with Crippen molar-refractivity contribution < 1.29 is 19.1 Å². The second-order valence-electron chi connectivity index (χ2n) is 5.06. The van der Waals surface area contributed by atoms with E-state index in [1.807, 2.05) is 0 Å². The number of ether oxygens (including phenoxy) is 2. The zero-order valence-electron chi connectivity index (χ0n) is 11.2. The number of anilines is 1. The van der Waals surface area contributed by atoms with Gasteiger partial charge in [0.2, 0.25) is 5.91 Å². The summed E-state index contributed by atoms with van der Waals surface area (Å²) in [5.74, 6) is 0.215. The van der Waals surface area contributed by atoms with Crippen molar-refractivity contribution in [3.63, 3.8) is 0 Å². The molecule has 0 radical (unpaired) electrons. The van der Waals surface area contributed by atoms with E-state index in [0.717, 1.165) is 29.7 Å². The molecule has 1 amide bonds. The van der Waals surface area contributed by atoms with Crippen LogP contribution in [0.15, 0.2) is 12.1 Å². The summed E-state index contributed by atoms with van der Waals surface area (Å²) in [6.45, 7) is 0. The van der Waals surface area contributed by atoms with Gasteiger partial charge in [0.25, 0.3) is 0 Å². The number of benzene rings is 1. The number of fused-ring (bicyclic) bond motifs is 2. The van der Waals surface area contributed by atoms with Crippen LogP contribution >= 0.6 is 15.9 Å². The first-order chi connectivity index (χ1) is 9.53. The molecule has 1 fully saturated rings. The van der Waals surface area contributed by atoms with E-state index in [0.29, 0.717) is 5.75 Å². The molecule has 6 heteroatoms. The minimum atomic E-state index is -0.610. The maximum absolute atomic E-state index is 12.1. The van der Waals surface area contributed by atoms with E-state index < -0.39 is 16.2 Å². The van der Waals surface area contributed by atoms with Gasteiger partial charge in [-0.3, -0.25) is 9.59 Å². The average molecular weight is 340 g/mol. The van der Waals surface area contributed by atoms with Crippen molar-refractivity contribution in [2.45, 2.75) is 23.1 Å². The van der Waals surface area contributed by atoms with E-state index in [9.17, 15) is 9.59 Å². The van der Waals surface area contributed by atoms with Crippen molar-refractivity contribution >= 4 is 33.5 Å². The maximum Gasteiger partial charge on any atom is 0.324 e. The number of nitrogens with one attached hydrogen (secondary N) is 1. The van der Waals surface area contributed by atoms with Gasteiger partial charge in [0.05, 0.1) is 19.6 Å². The third-order valence-electron chi connectivity index (χ3n) is 3.97. The van der Waals surface area contributed by atoms with Crippen molar-refractivity contribution in [1.29, 1.82) is 0 Å². The first-order valence-electron chi connectivity index (χ1n) is 6.29. The molecule has 20 heavy (non-hydrogen) atoms. The van der Waals surface area contributed by atoms with Gasteiger partial charge in [-0.25, -0.2) is 0 Å². The largest absolute Gasteiger partial charge is 0.497 e. The van der Waals surface area contributed by atoms with Crippen molar-refractivity contribution in [2.75, 3.05) is 19.5 Å². The molecular weight excluding hydrogens is 326 g/mol. The highest BCUT2D eigenvalue weighted by Crippen LogP contribution is 2.58. The summed E-state index contributed by atoms with van der Waals surface area (Å²) in [6, 6.07) is 3.58. The summed E-state index contributed by atoms with van der Waals surface area (Å²) in [7, 11) is 2.89. The van der Waals surface area contributed by atoms with E-state index >= 15 is 0 Å². The highest BCUT2D eigenvalue weighted by molar-refractivity contribution is 9.09. The van der Waals surface area contributed by atoms with Gasteiger partial charge in [0.1, 0.15) is 10.6 Å². The van der Waals surface area contributed by atoms with Crippen LogP contribution in [0.1, 0.15) is 28.8 Å². The molecular formula is C14H14BrNO4. The summed E-state index contributed by atoms with van der Waals surface area (Å²) < 4.78 is 10.0. The molecule has 1 aliphatic heterocycles. The third kappa shape index (κ3) is 1.74. The molecule has 5 nitrogen and oxygen atoms in total. The second kappa shape index (κ2) is 4.48. The van der Waals surface area contributed by atoms with Crippen LogP contribution in [-0.4, -0.2) is 26.1 Å². The lowest BCUT2D eigenvalue weighted by molar-refractivity contribution is -0.140. The van der Waals surface area contributed by atoms with E-state index in [2.05, 4.69) is 21.2 Å². The van der Waals surface area contributed by atoms with Crippen LogP contribution in [0, 0.1) is 0 Å². The van der Waals surface area contributed by atoms with Crippen LogP contribution in [0.5, 0.6) is 5.75 Å². The molecule has 1 N–H and O–H groups in total. The molecule has 1 saturated carbocycles. The minimum absolute atomic E-state index is 0.00608. The average Bonchev–Trinajstić information content (AvgIpc) is 3.20. The Morgan fingerprint density at radius 1 is 1.40 bits per heavy atom. The normalized spacial score (nSPS) is 19.2. The first kappa shape index (κ1) is 13.4. The lowest BCUT2D eigenvalue weighted by atomic mass is 9.91. The molecule has 0 aromatic heterocycles. The highest BCUT2D eigenvalue weighted by Gasteiger charge is 2.58. The minimum Gasteiger partial charge on any atom is -0.497 e. The molecule has 1 aliphatic carbocycles. The molecule has 1 unspecified atom stereocenters. The molecule has 1 spiro atoms. The number of alkyl halides is 1. The van der Waals surface area contributed by atoms with E-state index in [1.54, 1.807) is 19.2 Å². The van der Waals surface area contributed by atoms with Gasteiger partial charge < -0.3 is 14.8 Å². The zero-order valence-corrected chi connectivity index (χ0v) is 12.7. The van der Waals surface area contributed by atoms with Crippen molar-refractivity contribution in [2.24, 2.45) is 0 Å². The predicted octanol–water partition coefficient (Wildman–Crippen LogP) is 2.29. The molecule has 1 heterocycles. The van der Waals surface area contributed by atoms with Gasteiger partial charge in [0.15, 0.2) is 0 Å². The van der Waals surface area contributed by atoms with Gasteiger partial charge in [-0.05, 0) is 30.0 Å². The number of carbonyl (C=O) groups is 2. The standard InChI is InChI=1S/C14H14BrNO4/c1-19-7-5-8(11(15)12(17)20-2)10-9(6-7)16-13(18)14(10)3-4-14/h5-6,11H,3-4H2,1-2H3,(H,16,18). The molecule has 0 bridgehead atoms. The van der Waals surface area contributed by atoms with Gasteiger partial charge in [0, 0.05) is 11.8 Å². The maximum atomic E-state index is 12.1. The smallest absolute Gasteiger partial charge is 0.324 e. The summed E-state index contributed by atoms with van der Waals surface area (Å²) in [4.78, 5) is 23.3. The fraction of sp³-hybridized carbons (Fsp3) is 0.429. The van der Waals surface area contributed by atoms with Crippen LogP contribution in [-0.2, 0) is 19.7 Å². The number of esters is 1. The Morgan fingerprint density at radius 2 is 2.10 bits per heavy atom. The summed E-state index contributed by atoms with van der Waals surface area (Å²) in [5, 5.41) is 2.89. The highest BCUT2D eigenvalue weighted by atomic mass is 79.9. The van der Waals surface area contributed by atoms with Crippen LogP contribution in [0.3, 0.4) is 0 Å². The Hall–Kier alpha value is -1.56. The summed E-state index contributed by atoms with van der Waals surface area (Å²) in [6.07, 6.45) is 1.62. The number of amides is 1. The van der Waals surface area contributed by atoms with Crippen LogP contribution in [0.4, 0.5) is 5.69 Å². The molecule has 1 aromatic rings. The van der Waals surface area contributed by atoms with E-state index in [-0.39, 0.29) is 5.91 Å². The molecule has 3 rings (SSSR count). The number of methoxy groups -OCH3 is 2. The van der Waals surface area contributed by atoms with Gasteiger partial charge in [-0.15, -0.1) is 0 Å². The number of carbonyl (C=O) groups excluding carboxylic acids is 2. The monoisotopic (exact) mass is 339 g/mol. The number of hydrogen-bond acceptors (Lipinski definition) is 4. The third-order valence-corrected chi connectivity index (χ3v) is 4.84. The van der Waals surface area contributed by atoms with Gasteiger partial charge in [-0.2, -0.15) is 0 Å². The van der Waals surface area contributed by atoms with Gasteiger partial charge >= 0.3 is 5.97 Å². The second-order valence-corrected chi connectivity index (χ2v) is 5.98. The van der Waals surface area contributed by atoms with Crippen LogP contribution in [0.25, 0.3) is 0 Å². The van der Waals surface area contributed by atoms with Crippen LogP contribution < -0.4 is 10.1 Å². The number of halogens is 1. The zero-order chi connectivity index (χ0) is 14.5. The first-order valence-corrected chi connectivity index (χ1v) is 7.21. The number of hydrogen-bond donors (Lipinski definition) is 1. The van der Waals surface area contributed by atoms with Crippen molar-refractivity contribution in [3.05, 3.63) is 23.3 Å². The van der Waals surface area contributed by atoms with Crippen LogP contribution in [0.2, 0.25) is 0 Å². The fourth-order valence-electron chi connectivity index (χ4n) is 2.78. The Kier molecular flexibility index (Phi) is 3.01. The lowest BCUT2D eigenvalue weighted by Gasteiger charge is -2.17. The predicted molar refractivity (Wildman–Crippen MR) is 76.2 cm³/mol. The Labute approximate surface area is 124 Å². The SMILES string of the molecule is COC(=O)C(Br)c1cc(OC)cc2c1C1(CC1)C(=O)N2. The molecule has 0 saturated heterocycles. The van der Waals surface area contributed by atoms with E-state index in [1.165, 1.54) is 7.11 Å². The van der Waals surface area contributed by atoms with Crippen molar-refractivity contribution in [3.8, 4) is 5.75 Å². The van der Waals surface area contributed by atoms with E-state index in [4.69, 9.17) is 9.47 Å². The quantitative estimate of drug-likeness (QED) is 0.677. The molecule has 2 aliphatic rings. The summed E-state index contributed by atoms with van der Waals surface area (Å²) in [5.41, 5.74) is 1.91. The molecule has 106 valence electrons.